The Kier molecular flexibility index (Phi) is 3.29. The minimum Gasteiger partial charge on any atom is -0.420 e. The standard InChI is InChI=1S/C18H17N5O2/c1-2-3-7-13-14-16(23-22-13)25-15(20)11(9-19)18(14)10-6-4-5-8-12(10)21-17(18)24/h4-6,8H,2-3,7,20H2,1H3,(H,21,24)(H,22,23)/t18-/m1/s1. The number of unbranched alkanes of at least 4 members (excludes halogenated alkanes) is 1. The number of fused-ring (bicyclic) bond motifs is 4. The molecule has 0 aliphatic carbocycles. The monoisotopic (exact) mass is 335 g/mol. The van der Waals surface area contributed by atoms with Crippen LogP contribution in [0.5, 0.6) is 5.88 Å². The van der Waals surface area contributed by atoms with Crippen LogP contribution in [0.2, 0.25) is 0 Å². The number of nitrogens with zero attached hydrogens (tertiary/aromatic N) is 2. The number of benzene rings is 1. The van der Waals surface area contributed by atoms with Crippen molar-refractivity contribution in [2.75, 3.05) is 5.32 Å². The molecule has 0 unspecified atom stereocenters. The Hall–Kier alpha value is -3.27. The number of aromatic amines is 1. The fourth-order valence-corrected chi connectivity index (χ4v) is 3.71. The molecule has 25 heavy (non-hydrogen) atoms. The maximum Gasteiger partial charge on any atom is 0.245 e. The summed E-state index contributed by atoms with van der Waals surface area (Å²) in [5.74, 6) is -0.137. The normalized spacial score (nSPS) is 20.7. The third kappa shape index (κ3) is 1.85. The average molecular weight is 335 g/mol. The highest BCUT2D eigenvalue weighted by Gasteiger charge is 2.58. The van der Waals surface area contributed by atoms with Crippen molar-refractivity contribution in [2.45, 2.75) is 31.6 Å². The highest BCUT2D eigenvalue weighted by atomic mass is 16.5. The molecule has 3 heterocycles. The number of rotatable bonds is 3. The number of ether oxygens (including phenoxy) is 1. The molecule has 7 heteroatoms. The molecular weight excluding hydrogens is 318 g/mol. The Balaban J connectivity index is 2.06. The lowest BCUT2D eigenvalue weighted by Crippen LogP contribution is -2.42. The van der Waals surface area contributed by atoms with Crippen LogP contribution in [0.4, 0.5) is 5.69 Å². The van der Waals surface area contributed by atoms with Gasteiger partial charge in [-0.05, 0) is 18.9 Å². The number of hydrogen-bond acceptors (Lipinski definition) is 5. The number of hydrogen-bond donors (Lipinski definition) is 3. The number of aromatic nitrogens is 2. The van der Waals surface area contributed by atoms with E-state index in [-0.39, 0.29) is 23.2 Å². The second-order valence-corrected chi connectivity index (χ2v) is 6.19. The number of amides is 1. The first-order chi connectivity index (χ1) is 12.1. The first-order valence-corrected chi connectivity index (χ1v) is 8.21. The van der Waals surface area contributed by atoms with Crippen molar-refractivity contribution >= 4 is 11.6 Å². The number of H-pyrrole nitrogens is 1. The molecule has 7 nitrogen and oxygen atoms in total. The Morgan fingerprint density at radius 3 is 2.96 bits per heavy atom. The van der Waals surface area contributed by atoms with E-state index in [0.29, 0.717) is 23.2 Å². The molecule has 2 aromatic rings. The molecule has 1 amide bonds. The summed E-state index contributed by atoms with van der Waals surface area (Å²) in [7, 11) is 0. The lowest BCUT2D eigenvalue weighted by Gasteiger charge is -2.31. The number of carbonyl (C=O) groups excluding carboxylic acids is 1. The van der Waals surface area contributed by atoms with Crippen LogP contribution < -0.4 is 15.8 Å². The molecule has 1 aromatic heterocycles. The molecule has 4 N–H and O–H groups in total. The zero-order chi connectivity index (χ0) is 17.6. The Morgan fingerprint density at radius 2 is 2.20 bits per heavy atom. The van der Waals surface area contributed by atoms with Gasteiger partial charge >= 0.3 is 0 Å². The van der Waals surface area contributed by atoms with Crippen molar-refractivity contribution in [2.24, 2.45) is 5.73 Å². The maximum atomic E-state index is 13.2. The molecular formula is C18H17N5O2. The molecule has 126 valence electrons. The molecule has 0 radical (unpaired) electrons. The summed E-state index contributed by atoms with van der Waals surface area (Å²) in [5.41, 5.74) is 7.52. The quantitative estimate of drug-likeness (QED) is 0.794. The number of aryl methyl sites for hydroxylation is 1. The van der Waals surface area contributed by atoms with Crippen LogP contribution >= 0.6 is 0 Å². The second kappa shape index (κ2) is 5.38. The van der Waals surface area contributed by atoms with Crippen molar-refractivity contribution in [1.82, 2.24) is 10.2 Å². The molecule has 4 rings (SSSR count). The SMILES string of the molecule is CCCCc1[nH]nc2c1[C@]1(C(=O)Nc3ccccc31)C(C#N)=C(N)O2. The summed E-state index contributed by atoms with van der Waals surface area (Å²) >= 11 is 0. The largest absolute Gasteiger partial charge is 0.420 e. The van der Waals surface area contributed by atoms with Gasteiger partial charge in [0.15, 0.2) is 0 Å². The van der Waals surface area contributed by atoms with E-state index in [0.717, 1.165) is 18.5 Å². The highest BCUT2D eigenvalue weighted by molar-refractivity contribution is 6.12. The third-order valence-corrected chi connectivity index (χ3v) is 4.82. The van der Waals surface area contributed by atoms with E-state index < -0.39 is 5.41 Å². The van der Waals surface area contributed by atoms with E-state index in [1.165, 1.54) is 0 Å². The topological polar surface area (TPSA) is 117 Å². The Morgan fingerprint density at radius 1 is 1.40 bits per heavy atom. The zero-order valence-corrected chi connectivity index (χ0v) is 13.7. The smallest absolute Gasteiger partial charge is 0.245 e. The molecule has 1 spiro atoms. The van der Waals surface area contributed by atoms with Gasteiger partial charge in [0.25, 0.3) is 0 Å². The predicted octanol–water partition coefficient (Wildman–Crippen LogP) is 2.08. The highest BCUT2D eigenvalue weighted by Crippen LogP contribution is 2.53. The van der Waals surface area contributed by atoms with E-state index in [4.69, 9.17) is 10.5 Å². The molecule has 2 aliphatic heterocycles. The summed E-state index contributed by atoms with van der Waals surface area (Å²) in [6.45, 7) is 2.09. The molecule has 0 saturated carbocycles. The number of nitrogens with one attached hydrogen (secondary N) is 2. The van der Waals surface area contributed by atoms with Gasteiger partial charge in [-0.3, -0.25) is 9.89 Å². The van der Waals surface area contributed by atoms with Gasteiger partial charge in [0.05, 0.1) is 5.56 Å². The number of anilines is 1. The van der Waals surface area contributed by atoms with Crippen LogP contribution in [0.3, 0.4) is 0 Å². The van der Waals surface area contributed by atoms with E-state index in [9.17, 15) is 10.1 Å². The van der Waals surface area contributed by atoms with Crippen LogP contribution in [-0.4, -0.2) is 16.1 Å². The van der Waals surface area contributed by atoms with E-state index in [1.54, 1.807) is 0 Å². The van der Waals surface area contributed by atoms with Crippen LogP contribution in [0.25, 0.3) is 0 Å². The minimum absolute atomic E-state index is 0.0876. The van der Waals surface area contributed by atoms with Crippen LogP contribution in [0, 0.1) is 11.3 Å². The molecule has 0 saturated heterocycles. The number of para-hydroxylation sites is 1. The van der Waals surface area contributed by atoms with Crippen LogP contribution in [-0.2, 0) is 16.6 Å². The van der Waals surface area contributed by atoms with Crippen molar-refractivity contribution in [3.63, 3.8) is 0 Å². The van der Waals surface area contributed by atoms with E-state index >= 15 is 0 Å². The van der Waals surface area contributed by atoms with Gasteiger partial charge < -0.3 is 15.8 Å². The van der Waals surface area contributed by atoms with Crippen molar-refractivity contribution in [3.05, 3.63) is 52.5 Å². The summed E-state index contributed by atoms with van der Waals surface area (Å²) in [6, 6.07) is 9.43. The first-order valence-electron chi connectivity index (χ1n) is 8.21. The number of nitrogens with two attached hydrogens (primary N) is 1. The van der Waals surface area contributed by atoms with Gasteiger partial charge in [-0.1, -0.05) is 31.5 Å². The fourth-order valence-electron chi connectivity index (χ4n) is 3.71. The van der Waals surface area contributed by atoms with Crippen molar-refractivity contribution in [1.29, 1.82) is 5.26 Å². The minimum atomic E-state index is -1.32. The average Bonchev–Trinajstić information content (AvgIpc) is 3.13. The number of nitriles is 1. The Labute approximate surface area is 144 Å². The molecule has 1 atom stereocenters. The van der Waals surface area contributed by atoms with Gasteiger partial charge in [0.2, 0.25) is 17.7 Å². The van der Waals surface area contributed by atoms with Gasteiger partial charge in [-0.2, -0.15) is 5.26 Å². The first kappa shape index (κ1) is 15.3. The van der Waals surface area contributed by atoms with Crippen molar-refractivity contribution in [3.8, 4) is 11.9 Å². The molecule has 0 fully saturated rings. The molecule has 1 aromatic carbocycles. The van der Waals surface area contributed by atoms with Gasteiger partial charge in [0.1, 0.15) is 17.1 Å². The summed E-state index contributed by atoms with van der Waals surface area (Å²) < 4.78 is 5.56. The summed E-state index contributed by atoms with van der Waals surface area (Å²) in [5, 5.41) is 19.8. The van der Waals surface area contributed by atoms with E-state index in [1.807, 2.05) is 24.3 Å². The second-order valence-electron chi connectivity index (χ2n) is 6.19. The third-order valence-electron chi connectivity index (χ3n) is 4.82. The zero-order valence-electron chi connectivity index (χ0n) is 13.7. The molecule has 0 bridgehead atoms. The van der Waals surface area contributed by atoms with Crippen molar-refractivity contribution < 1.29 is 9.53 Å². The summed E-state index contributed by atoms with van der Waals surface area (Å²) in [4.78, 5) is 13.2. The van der Waals surface area contributed by atoms with E-state index in [2.05, 4.69) is 28.5 Å². The lowest BCUT2D eigenvalue weighted by molar-refractivity contribution is -0.118. The van der Waals surface area contributed by atoms with Crippen LogP contribution in [0.15, 0.2) is 35.7 Å². The number of carbonyl (C=O) groups is 1. The lowest BCUT2D eigenvalue weighted by atomic mass is 9.68. The van der Waals surface area contributed by atoms with Crippen LogP contribution in [0.1, 0.15) is 36.6 Å². The fraction of sp³-hybridized carbons (Fsp3) is 0.278. The molecule has 2 aliphatic rings. The van der Waals surface area contributed by atoms with Gasteiger partial charge in [-0.15, -0.1) is 5.10 Å². The Bertz CT molecular complexity index is 953. The van der Waals surface area contributed by atoms with Gasteiger partial charge in [0, 0.05) is 16.9 Å². The predicted molar refractivity (Wildman–Crippen MR) is 90.5 cm³/mol. The summed E-state index contributed by atoms with van der Waals surface area (Å²) in [6.07, 6.45) is 2.63. The van der Waals surface area contributed by atoms with Gasteiger partial charge in [-0.25, -0.2) is 0 Å². The maximum absolute atomic E-state index is 13.2.